The number of pyridine rings is 1. The highest BCUT2D eigenvalue weighted by Crippen LogP contribution is 2.19. The second kappa shape index (κ2) is 9.27. The van der Waals surface area contributed by atoms with Crippen molar-refractivity contribution in [3.63, 3.8) is 0 Å². The lowest BCUT2D eigenvalue weighted by atomic mass is 10.1. The first-order valence-corrected chi connectivity index (χ1v) is 10.7. The van der Waals surface area contributed by atoms with Crippen LogP contribution in [-0.4, -0.2) is 25.1 Å². The van der Waals surface area contributed by atoms with Gasteiger partial charge in [-0.15, -0.1) is 0 Å². The highest BCUT2D eigenvalue weighted by Gasteiger charge is 2.15. The minimum Gasteiger partial charge on any atom is -0.325 e. The van der Waals surface area contributed by atoms with Crippen LogP contribution in [0.25, 0.3) is 5.65 Å². The van der Waals surface area contributed by atoms with Crippen molar-refractivity contribution in [2.75, 3.05) is 5.32 Å². The van der Waals surface area contributed by atoms with E-state index in [1.54, 1.807) is 22.8 Å². The summed E-state index contributed by atoms with van der Waals surface area (Å²) < 4.78 is 3.14. The maximum Gasteiger partial charge on any atom is 0.250 e. The van der Waals surface area contributed by atoms with Crippen molar-refractivity contribution in [2.24, 2.45) is 0 Å². The van der Waals surface area contributed by atoms with E-state index in [0.717, 1.165) is 22.5 Å². The molecule has 0 aliphatic carbocycles. The summed E-state index contributed by atoms with van der Waals surface area (Å²) in [6, 6.07) is 12.4. The fourth-order valence-corrected chi connectivity index (χ4v) is 3.95. The molecule has 4 aromatic rings. The first-order chi connectivity index (χ1) is 15.9. The van der Waals surface area contributed by atoms with Crippen molar-refractivity contribution in [1.29, 1.82) is 5.26 Å². The second-order valence-electron chi connectivity index (χ2n) is 7.69. The van der Waals surface area contributed by atoms with Gasteiger partial charge in [0.25, 0.3) is 5.56 Å². The van der Waals surface area contributed by atoms with Gasteiger partial charge in [-0.3, -0.25) is 9.59 Å². The first-order valence-electron chi connectivity index (χ1n) is 10.3. The topological polar surface area (TPSA) is 105 Å². The molecular weight excluding hydrogens is 440 g/mol. The number of rotatable bonds is 6. The fourth-order valence-electron chi connectivity index (χ4n) is 3.75. The van der Waals surface area contributed by atoms with E-state index in [9.17, 15) is 14.9 Å². The van der Waals surface area contributed by atoms with Gasteiger partial charge in [-0.25, -0.2) is 9.50 Å². The number of nitrogens with one attached hydrogen (secondary N) is 1. The van der Waals surface area contributed by atoms with Gasteiger partial charge >= 0.3 is 0 Å². The van der Waals surface area contributed by atoms with Crippen molar-refractivity contribution in [2.45, 2.75) is 33.2 Å². The summed E-state index contributed by atoms with van der Waals surface area (Å²) in [6.45, 7) is 4.06. The molecule has 9 heteroatoms. The van der Waals surface area contributed by atoms with E-state index in [1.165, 1.54) is 16.8 Å². The van der Waals surface area contributed by atoms with Crippen molar-refractivity contribution in [3.8, 4) is 6.07 Å². The maximum absolute atomic E-state index is 12.6. The first kappa shape index (κ1) is 22.2. The average molecular weight is 461 g/mol. The van der Waals surface area contributed by atoms with Gasteiger partial charge in [0.1, 0.15) is 11.6 Å². The Morgan fingerprint density at radius 1 is 1.21 bits per heavy atom. The lowest BCUT2D eigenvalue weighted by molar-refractivity contribution is -0.116. The largest absolute Gasteiger partial charge is 0.325 e. The summed E-state index contributed by atoms with van der Waals surface area (Å²) in [5, 5.41) is 16.9. The Morgan fingerprint density at radius 2 is 2.00 bits per heavy atom. The number of anilines is 1. The molecular formula is C24H21ClN6O2. The number of hydrogen-bond acceptors (Lipinski definition) is 5. The molecule has 0 bridgehead atoms. The zero-order chi connectivity index (χ0) is 23.5. The smallest absolute Gasteiger partial charge is 0.250 e. The monoisotopic (exact) mass is 460 g/mol. The van der Waals surface area contributed by atoms with Gasteiger partial charge in [-0.2, -0.15) is 10.4 Å². The number of nitrogens with zero attached hydrogens (tertiary/aromatic N) is 5. The molecule has 0 saturated heterocycles. The number of aryl methyl sites for hydroxylation is 2. The molecule has 8 nitrogen and oxygen atoms in total. The Kier molecular flexibility index (Phi) is 6.24. The number of benzene rings is 1. The quantitative estimate of drug-likeness (QED) is 0.472. The molecule has 0 atom stereocenters. The van der Waals surface area contributed by atoms with Gasteiger partial charge in [0.15, 0.2) is 5.65 Å². The number of aromatic nitrogens is 4. The number of halogens is 1. The summed E-state index contributed by atoms with van der Waals surface area (Å²) in [5.74, 6) is -0.185. The van der Waals surface area contributed by atoms with E-state index in [2.05, 4.69) is 21.5 Å². The molecule has 0 aliphatic heterocycles. The third kappa shape index (κ3) is 4.64. The van der Waals surface area contributed by atoms with Gasteiger partial charge < -0.3 is 9.88 Å². The van der Waals surface area contributed by atoms with Crippen molar-refractivity contribution in [1.82, 2.24) is 19.2 Å². The number of carbonyl (C=O) groups is 1. The van der Waals surface area contributed by atoms with Gasteiger partial charge in [0.2, 0.25) is 5.91 Å². The molecule has 0 aliphatic rings. The molecule has 1 N–H and O–H groups in total. The van der Waals surface area contributed by atoms with Crippen LogP contribution >= 0.6 is 11.6 Å². The van der Waals surface area contributed by atoms with Crippen LogP contribution in [0.15, 0.2) is 53.6 Å². The van der Waals surface area contributed by atoms with Crippen LogP contribution in [0.3, 0.4) is 0 Å². The molecule has 0 unspecified atom stereocenters. The van der Waals surface area contributed by atoms with Crippen LogP contribution in [0.2, 0.25) is 5.02 Å². The minimum absolute atomic E-state index is 0.185. The highest BCUT2D eigenvalue weighted by atomic mass is 35.5. The van der Waals surface area contributed by atoms with Crippen LogP contribution < -0.4 is 10.9 Å². The van der Waals surface area contributed by atoms with E-state index < -0.39 is 0 Å². The summed E-state index contributed by atoms with van der Waals surface area (Å²) in [5.41, 5.74) is 4.61. The Morgan fingerprint density at radius 3 is 2.76 bits per heavy atom. The highest BCUT2D eigenvalue weighted by molar-refractivity contribution is 6.31. The number of hydrogen-bond donors (Lipinski definition) is 1. The van der Waals surface area contributed by atoms with Crippen molar-refractivity contribution in [3.05, 3.63) is 92.2 Å². The predicted molar refractivity (Wildman–Crippen MR) is 125 cm³/mol. The van der Waals surface area contributed by atoms with Crippen LogP contribution in [0, 0.1) is 25.2 Å². The molecule has 166 valence electrons. The Bertz CT molecular complexity index is 1460. The Hall–Kier alpha value is -3.96. The summed E-state index contributed by atoms with van der Waals surface area (Å²) in [7, 11) is 0. The van der Waals surface area contributed by atoms with Crippen LogP contribution in [0.4, 0.5) is 5.69 Å². The molecule has 0 fully saturated rings. The van der Waals surface area contributed by atoms with Gasteiger partial charge in [-0.1, -0.05) is 29.8 Å². The Labute approximate surface area is 195 Å². The molecule has 33 heavy (non-hydrogen) atoms. The number of nitriles is 1. The van der Waals surface area contributed by atoms with E-state index in [0.29, 0.717) is 34.9 Å². The minimum atomic E-state index is -0.186. The molecule has 4 rings (SSSR count). The van der Waals surface area contributed by atoms with Crippen LogP contribution in [0.1, 0.15) is 34.5 Å². The molecule has 3 aromatic heterocycles. The maximum atomic E-state index is 12.6. The fraction of sp³-hybridized carbons (Fsp3) is 0.208. The average Bonchev–Trinajstić information content (AvgIpc) is 3.20. The lowest BCUT2D eigenvalue weighted by Crippen LogP contribution is -2.21. The molecule has 0 spiro atoms. The molecule has 3 heterocycles. The summed E-state index contributed by atoms with van der Waals surface area (Å²) in [4.78, 5) is 29.4. The predicted octanol–water partition coefficient (Wildman–Crippen LogP) is 3.65. The number of amides is 1. The van der Waals surface area contributed by atoms with Gasteiger partial charge in [0.05, 0.1) is 18.4 Å². The molecule has 0 radical (unpaired) electrons. The zero-order valence-corrected chi connectivity index (χ0v) is 18.9. The molecule has 1 aromatic carbocycles. The summed E-state index contributed by atoms with van der Waals surface area (Å²) in [6.07, 6.45) is 3.79. The SMILES string of the molecule is Cc1nc2c(C#N)cnn2c(C)c1CCC(=O)Nc1ccc(=O)n(Cc2ccccc2Cl)c1. The third-order valence-corrected chi connectivity index (χ3v) is 5.87. The van der Waals surface area contributed by atoms with Crippen LogP contribution in [-0.2, 0) is 17.8 Å². The van der Waals surface area contributed by atoms with Crippen LogP contribution in [0.5, 0.6) is 0 Å². The van der Waals surface area contributed by atoms with Crippen molar-refractivity contribution < 1.29 is 4.79 Å². The van der Waals surface area contributed by atoms with E-state index in [1.807, 2.05) is 32.0 Å². The van der Waals surface area contributed by atoms with Crippen molar-refractivity contribution >= 4 is 28.8 Å². The zero-order valence-electron chi connectivity index (χ0n) is 18.2. The van der Waals surface area contributed by atoms with E-state index in [4.69, 9.17) is 11.6 Å². The second-order valence-corrected chi connectivity index (χ2v) is 8.10. The normalized spacial score (nSPS) is 10.8. The third-order valence-electron chi connectivity index (χ3n) is 5.50. The Balaban J connectivity index is 1.47. The number of carbonyl (C=O) groups excluding carboxylic acids is 1. The molecule has 1 amide bonds. The number of fused-ring (bicyclic) bond motifs is 1. The van der Waals surface area contributed by atoms with E-state index >= 15 is 0 Å². The summed E-state index contributed by atoms with van der Waals surface area (Å²) >= 11 is 6.21. The lowest BCUT2D eigenvalue weighted by Gasteiger charge is -2.12. The van der Waals surface area contributed by atoms with Gasteiger partial charge in [-0.05, 0) is 43.5 Å². The van der Waals surface area contributed by atoms with E-state index in [-0.39, 0.29) is 17.9 Å². The molecule has 0 saturated carbocycles. The standard InChI is InChI=1S/C24H21ClN6O2/c1-15-20(16(2)31-24(28-15)18(11-26)12-27-31)8-9-22(32)29-19-7-10-23(33)30(14-19)13-17-5-3-4-6-21(17)25/h3-7,10,12,14H,8-9,13H2,1-2H3,(H,29,32). The van der Waals surface area contributed by atoms with Gasteiger partial charge in [0, 0.05) is 35.1 Å².